The van der Waals surface area contributed by atoms with Gasteiger partial charge in [-0.25, -0.2) is 4.79 Å². The van der Waals surface area contributed by atoms with Crippen molar-refractivity contribution in [2.45, 2.75) is 39.7 Å². The maximum Gasteiger partial charge on any atom is 0.359 e. The molecule has 106 valence electrons. The number of nitrogens with two attached hydrogens (primary N) is 1. The SMILES string of the molecule is C=CC1CCN(OC(=O)/C(CC)=C(\C)C(C)N)C1=O. The van der Waals surface area contributed by atoms with Crippen molar-refractivity contribution in [2.24, 2.45) is 11.7 Å². The third kappa shape index (κ3) is 3.44. The molecular formula is C14H22N2O3. The van der Waals surface area contributed by atoms with Crippen LogP contribution in [0.3, 0.4) is 0 Å². The van der Waals surface area contributed by atoms with Gasteiger partial charge in [-0.3, -0.25) is 4.79 Å². The molecule has 0 aliphatic carbocycles. The summed E-state index contributed by atoms with van der Waals surface area (Å²) >= 11 is 0. The first kappa shape index (κ1) is 15.4. The van der Waals surface area contributed by atoms with Crippen LogP contribution in [-0.4, -0.2) is 29.5 Å². The van der Waals surface area contributed by atoms with Gasteiger partial charge >= 0.3 is 5.97 Å². The van der Waals surface area contributed by atoms with Crippen LogP contribution >= 0.6 is 0 Å². The van der Waals surface area contributed by atoms with E-state index in [1.165, 1.54) is 0 Å². The molecule has 1 aliphatic rings. The van der Waals surface area contributed by atoms with Crippen LogP contribution in [0.15, 0.2) is 23.8 Å². The van der Waals surface area contributed by atoms with Gasteiger partial charge in [-0.15, -0.1) is 6.58 Å². The molecule has 2 atom stereocenters. The van der Waals surface area contributed by atoms with E-state index < -0.39 is 5.97 Å². The fraction of sp³-hybridized carbons (Fsp3) is 0.571. The van der Waals surface area contributed by atoms with Crippen LogP contribution < -0.4 is 5.73 Å². The first-order valence-electron chi connectivity index (χ1n) is 6.53. The molecule has 0 aromatic rings. The zero-order chi connectivity index (χ0) is 14.6. The lowest BCUT2D eigenvalue weighted by Gasteiger charge is -2.18. The quantitative estimate of drug-likeness (QED) is 0.605. The van der Waals surface area contributed by atoms with Crippen LogP contribution in [0.2, 0.25) is 0 Å². The Bertz CT molecular complexity index is 413. The van der Waals surface area contributed by atoms with Gasteiger partial charge in [-0.1, -0.05) is 13.0 Å². The highest BCUT2D eigenvalue weighted by Crippen LogP contribution is 2.21. The van der Waals surface area contributed by atoms with Crippen molar-refractivity contribution >= 4 is 11.9 Å². The predicted octanol–water partition coefficient (Wildman–Crippen LogP) is 1.55. The fourth-order valence-corrected chi connectivity index (χ4v) is 2.00. The van der Waals surface area contributed by atoms with Gasteiger partial charge in [0.05, 0.1) is 12.5 Å². The highest BCUT2D eigenvalue weighted by Gasteiger charge is 2.33. The Labute approximate surface area is 114 Å². The van der Waals surface area contributed by atoms with Crippen molar-refractivity contribution < 1.29 is 14.4 Å². The minimum Gasteiger partial charge on any atom is -0.333 e. The summed E-state index contributed by atoms with van der Waals surface area (Å²) < 4.78 is 0. The van der Waals surface area contributed by atoms with E-state index in [0.717, 1.165) is 10.6 Å². The van der Waals surface area contributed by atoms with Gasteiger partial charge in [0.2, 0.25) is 0 Å². The van der Waals surface area contributed by atoms with E-state index in [2.05, 4.69) is 6.58 Å². The van der Waals surface area contributed by atoms with Crippen LogP contribution in [0, 0.1) is 5.92 Å². The molecule has 0 radical (unpaired) electrons. The smallest absolute Gasteiger partial charge is 0.333 e. The lowest BCUT2D eigenvalue weighted by atomic mass is 10.0. The summed E-state index contributed by atoms with van der Waals surface area (Å²) in [4.78, 5) is 29.0. The molecule has 0 spiro atoms. The van der Waals surface area contributed by atoms with Crippen molar-refractivity contribution in [2.75, 3.05) is 6.54 Å². The lowest BCUT2D eigenvalue weighted by molar-refractivity contribution is -0.190. The number of rotatable bonds is 5. The molecule has 1 amide bonds. The van der Waals surface area contributed by atoms with E-state index in [1.54, 1.807) is 6.08 Å². The second-order valence-electron chi connectivity index (χ2n) is 4.75. The Hall–Kier alpha value is -1.62. The molecule has 0 aromatic carbocycles. The van der Waals surface area contributed by atoms with E-state index in [4.69, 9.17) is 10.6 Å². The average molecular weight is 266 g/mol. The van der Waals surface area contributed by atoms with Crippen molar-refractivity contribution in [1.29, 1.82) is 0 Å². The zero-order valence-corrected chi connectivity index (χ0v) is 11.8. The highest BCUT2D eigenvalue weighted by molar-refractivity contribution is 5.91. The van der Waals surface area contributed by atoms with Crippen LogP contribution in [0.25, 0.3) is 0 Å². The summed E-state index contributed by atoms with van der Waals surface area (Å²) in [7, 11) is 0. The third-order valence-electron chi connectivity index (χ3n) is 3.44. The second-order valence-corrected chi connectivity index (χ2v) is 4.75. The number of hydrogen-bond acceptors (Lipinski definition) is 4. The maximum absolute atomic E-state index is 12.1. The number of carbonyl (C=O) groups is 2. The monoisotopic (exact) mass is 266 g/mol. The minimum absolute atomic E-state index is 0.210. The summed E-state index contributed by atoms with van der Waals surface area (Å²) in [6, 6.07) is -0.210. The fourth-order valence-electron chi connectivity index (χ4n) is 2.00. The molecule has 5 nitrogen and oxygen atoms in total. The second kappa shape index (κ2) is 6.52. The van der Waals surface area contributed by atoms with Crippen LogP contribution in [0.5, 0.6) is 0 Å². The first-order chi connectivity index (χ1) is 8.92. The zero-order valence-electron chi connectivity index (χ0n) is 11.8. The highest BCUT2D eigenvalue weighted by atomic mass is 16.7. The Kier molecular flexibility index (Phi) is 5.30. The van der Waals surface area contributed by atoms with E-state index in [-0.39, 0.29) is 17.9 Å². The summed E-state index contributed by atoms with van der Waals surface area (Å²) in [5.41, 5.74) is 7.09. The summed E-state index contributed by atoms with van der Waals surface area (Å²) in [6.45, 7) is 9.49. The molecule has 0 bridgehead atoms. The molecular weight excluding hydrogens is 244 g/mol. The number of amides is 1. The molecule has 0 saturated carbocycles. The molecule has 2 N–H and O–H groups in total. The van der Waals surface area contributed by atoms with Crippen molar-refractivity contribution in [3.8, 4) is 0 Å². The molecule has 1 rings (SSSR count). The molecule has 19 heavy (non-hydrogen) atoms. The van der Waals surface area contributed by atoms with E-state index >= 15 is 0 Å². The molecule has 1 aliphatic heterocycles. The molecule has 5 heteroatoms. The van der Waals surface area contributed by atoms with Crippen molar-refractivity contribution in [3.63, 3.8) is 0 Å². The van der Waals surface area contributed by atoms with Gasteiger partial charge in [0.25, 0.3) is 5.91 Å². The summed E-state index contributed by atoms with van der Waals surface area (Å²) in [5.74, 6) is -0.955. The molecule has 1 saturated heterocycles. The number of carbonyl (C=O) groups excluding carboxylic acids is 2. The molecule has 0 aromatic heterocycles. The Morgan fingerprint density at radius 2 is 2.32 bits per heavy atom. The van der Waals surface area contributed by atoms with Gasteiger partial charge in [-0.05, 0) is 32.3 Å². The summed E-state index contributed by atoms with van der Waals surface area (Å²) in [6.07, 6.45) is 2.74. The molecule has 1 fully saturated rings. The lowest BCUT2D eigenvalue weighted by Crippen LogP contribution is -2.31. The average Bonchev–Trinajstić information content (AvgIpc) is 2.71. The van der Waals surface area contributed by atoms with Crippen molar-refractivity contribution in [3.05, 3.63) is 23.8 Å². The largest absolute Gasteiger partial charge is 0.359 e. The summed E-state index contributed by atoms with van der Waals surface area (Å²) in [5, 5.41) is 1.12. The first-order valence-corrected chi connectivity index (χ1v) is 6.53. The Balaban J connectivity index is 2.77. The normalized spacial score (nSPS) is 22.0. The van der Waals surface area contributed by atoms with Crippen LogP contribution in [-0.2, 0) is 14.4 Å². The van der Waals surface area contributed by atoms with Crippen molar-refractivity contribution in [1.82, 2.24) is 5.06 Å². The predicted molar refractivity (Wildman–Crippen MR) is 72.7 cm³/mol. The van der Waals surface area contributed by atoms with Gasteiger partial charge in [0.15, 0.2) is 0 Å². The van der Waals surface area contributed by atoms with Gasteiger partial charge in [-0.2, -0.15) is 5.06 Å². The van der Waals surface area contributed by atoms with Gasteiger partial charge < -0.3 is 10.6 Å². The number of hydroxylamine groups is 2. The van der Waals surface area contributed by atoms with Crippen LogP contribution in [0.4, 0.5) is 0 Å². The van der Waals surface area contributed by atoms with Gasteiger partial charge in [0, 0.05) is 11.6 Å². The van der Waals surface area contributed by atoms with E-state index in [0.29, 0.717) is 25.0 Å². The molecule has 1 heterocycles. The maximum atomic E-state index is 12.1. The van der Waals surface area contributed by atoms with Crippen LogP contribution in [0.1, 0.15) is 33.6 Å². The van der Waals surface area contributed by atoms with E-state index in [9.17, 15) is 9.59 Å². The Morgan fingerprint density at radius 3 is 2.74 bits per heavy atom. The number of nitrogens with zero attached hydrogens (tertiary/aromatic N) is 1. The molecule has 2 unspecified atom stereocenters. The number of hydrogen-bond donors (Lipinski definition) is 1. The van der Waals surface area contributed by atoms with Gasteiger partial charge in [0.1, 0.15) is 0 Å². The third-order valence-corrected chi connectivity index (χ3v) is 3.44. The standard InChI is InChI=1S/C14H22N2O3/c1-5-11-7-8-16(13(11)17)19-14(18)12(6-2)9(3)10(4)15/h5,10-11H,1,6-8,15H2,2-4H3/b12-9+. The minimum atomic E-state index is -0.490. The topological polar surface area (TPSA) is 72.6 Å². The van der Waals surface area contributed by atoms with E-state index in [1.807, 2.05) is 20.8 Å². The Morgan fingerprint density at radius 1 is 1.68 bits per heavy atom.